The minimum Gasteiger partial charge on any atom is -0.481 e. The van der Waals surface area contributed by atoms with Gasteiger partial charge in [0.2, 0.25) is 0 Å². The van der Waals surface area contributed by atoms with Gasteiger partial charge in [-0.3, -0.25) is 4.79 Å². The van der Waals surface area contributed by atoms with E-state index in [4.69, 9.17) is 16.7 Å². The van der Waals surface area contributed by atoms with E-state index in [1.54, 1.807) is 12.1 Å². The summed E-state index contributed by atoms with van der Waals surface area (Å²) in [7, 11) is 0. The van der Waals surface area contributed by atoms with Crippen molar-refractivity contribution in [1.29, 1.82) is 0 Å². The van der Waals surface area contributed by atoms with Gasteiger partial charge in [0.1, 0.15) is 5.82 Å². The maximum Gasteiger partial charge on any atom is 0.303 e. The van der Waals surface area contributed by atoms with Crippen LogP contribution in [0.15, 0.2) is 24.3 Å². The summed E-state index contributed by atoms with van der Waals surface area (Å²) >= 11 is 5.92. The number of hydrogen-bond donors (Lipinski definition) is 1. The summed E-state index contributed by atoms with van der Waals surface area (Å²) in [6, 6.07) is 5.75. The zero-order chi connectivity index (χ0) is 10.6. The van der Waals surface area contributed by atoms with E-state index >= 15 is 0 Å². The lowest BCUT2D eigenvalue weighted by Gasteiger charge is -2.07. The van der Waals surface area contributed by atoms with Crippen molar-refractivity contribution >= 4 is 17.6 Å². The van der Waals surface area contributed by atoms with Crippen molar-refractivity contribution in [2.75, 3.05) is 0 Å². The molecule has 0 saturated heterocycles. The molecule has 1 aromatic carbocycles. The molecule has 14 heavy (non-hydrogen) atoms. The molecule has 2 nitrogen and oxygen atoms in total. The molecule has 0 heterocycles. The molecule has 1 N–H and O–H groups in total. The molecule has 0 radical (unpaired) electrons. The predicted octanol–water partition coefficient (Wildman–Crippen LogP) is 2.97. The highest BCUT2D eigenvalue weighted by Crippen LogP contribution is 2.25. The molecule has 0 amide bonds. The molecular weight excluding hydrogens is 207 g/mol. The second-order valence-electron chi connectivity index (χ2n) is 2.95. The quantitative estimate of drug-likeness (QED) is 0.786. The van der Waals surface area contributed by atoms with Gasteiger partial charge < -0.3 is 5.11 Å². The third-order valence-electron chi connectivity index (χ3n) is 1.84. The SMILES string of the molecule is O=C(O)CCC(Cl)c1ccc(F)cc1. The van der Waals surface area contributed by atoms with Crippen molar-refractivity contribution in [3.05, 3.63) is 35.6 Å². The second-order valence-corrected chi connectivity index (χ2v) is 3.48. The fraction of sp³-hybridized carbons (Fsp3) is 0.300. The Morgan fingerprint density at radius 1 is 1.43 bits per heavy atom. The van der Waals surface area contributed by atoms with Crippen LogP contribution in [-0.2, 0) is 4.79 Å². The van der Waals surface area contributed by atoms with Crippen molar-refractivity contribution < 1.29 is 14.3 Å². The zero-order valence-electron chi connectivity index (χ0n) is 7.41. The smallest absolute Gasteiger partial charge is 0.303 e. The molecule has 76 valence electrons. The van der Waals surface area contributed by atoms with Crippen LogP contribution >= 0.6 is 11.6 Å². The van der Waals surface area contributed by atoms with Crippen LogP contribution in [0.25, 0.3) is 0 Å². The molecule has 4 heteroatoms. The lowest BCUT2D eigenvalue weighted by atomic mass is 10.1. The molecule has 0 aromatic heterocycles. The van der Waals surface area contributed by atoms with E-state index < -0.39 is 5.97 Å². The molecule has 1 atom stereocenters. The summed E-state index contributed by atoms with van der Waals surface area (Å²) in [5.41, 5.74) is 0.745. The topological polar surface area (TPSA) is 37.3 Å². The molecule has 0 bridgehead atoms. The average Bonchev–Trinajstić information content (AvgIpc) is 2.15. The highest BCUT2D eigenvalue weighted by Gasteiger charge is 2.09. The van der Waals surface area contributed by atoms with E-state index in [0.717, 1.165) is 5.56 Å². The number of rotatable bonds is 4. The van der Waals surface area contributed by atoms with Gasteiger partial charge in [-0.1, -0.05) is 12.1 Å². The first-order chi connectivity index (χ1) is 6.59. The van der Waals surface area contributed by atoms with Gasteiger partial charge in [-0.2, -0.15) is 0 Å². The van der Waals surface area contributed by atoms with E-state index in [2.05, 4.69) is 0 Å². The third kappa shape index (κ3) is 3.34. The summed E-state index contributed by atoms with van der Waals surface area (Å²) in [5.74, 6) is -1.20. The van der Waals surface area contributed by atoms with Crippen LogP contribution in [0.2, 0.25) is 0 Å². The highest BCUT2D eigenvalue weighted by molar-refractivity contribution is 6.20. The van der Waals surface area contributed by atoms with Gasteiger partial charge in [-0.25, -0.2) is 4.39 Å². The predicted molar refractivity (Wildman–Crippen MR) is 51.9 cm³/mol. The van der Waals surface area contributed by atoms with Gasteiger partial charge in [0.25, 0.3) is 0 Å². The van der Waals surface area contributed by atoms with Crippen LogP contribution in [0, 0.1) is 5.82 Å². The van der Waals surface area contributed by atoms with E-state index in [1.807, 2.05) is 0 Å². The van der Waals surface area contributed by atoms with Crippen molar-refractivity contribution in [1.82, 2.24) is 0 Å². The molecule has 1 rings (SSSR count). The highest BCUT2D eigenvalue weighted by atomic mass is 35.5. The molecule has 0 saturated carbocycles. The Morgan fingerprint density at radius 3 is 2.50 bits per heavy atom. The van der Waals surface area contributed by atoms with E-state index in [1.165, 1.54) is 12.1 Å². The number of hydrogen-bond acceptors (Lipinski definition) is 1. The Bertz CT molecular complexity index is 310. The number of carboxylic acid groups (broad SMARTS) is 1. The van der Waals surface area contributed by atoms with Crippen LogP contribution in [0.1, 0.15) is 23.8 Å². The maximum atomic E-state index is 12.5. The number of aliphatic carboxylic acids is 1. The number of benzene rings is 1. The summed E-state index contributed by atoms with van der Waals surface area (Å²) < 4.78 is 12.5. The normalized spacial score (nSPS) is 12.4. The molecule has 0 aliphatic rings. The molecule has 0 spiro atoms. The van der Waals surface area contributed by atoms with E-state index in [0.29, 0.717) is 6.42 Å². The molecule has 0 fully saturated rings. The summed E-state index contributed by atoms with van der Waals surface area (Å²) in [6.45, 7) is 0. The number of alkyl halides is 1. The molecule has 0 aliphatic heterocycles. The fourth-order valence-corrected chi connectivity index (χ4v) is 1.34. The zero-order valence-corrected chi connectivity index (χ0v) is 8.17. The second kappa shape index (κ2) is 4.96. The average molecular weight is 217 g/mol. The number of carbonyl (C=O) groups is 1. The van der Waals surface area contributed by atoms with Crippen LogP contribution < -0.4 is 0 Å². The summed E-state index contributed by atoms with van der Waals surface area (Å²) in [5, 5.41) is 8.07. The van der Waals surface area contributed by atoms with Gasteiger partial charge in [0, 0.05) is 6.42 Å². The van der Waals surface area contributed by atoms with E-state index in [9.17, 15) is 9.18 Å². The Morgan fingerprint density at radius 2 is 2.00 bits per heavy atom. The Kier molecular flexibility index (Phi) is 3.89. The van der Waals surface area contributed by atoms with Crippen LogP contribution in [0.4, 0.5) is 4.39 Å². The van der Waals surface area contributed by atoms with Crippen molar-refractivity contribution in [2.24, 2.45) is 0 Å². The fourth-order valence-electron chi connectivity index (χ4n) is 1.09. The molecule has 0 aliphatic carbocycles. The molecular formula is C10H10ClFO2. The van der Waals surface area contributed by atoms with Gasteiger partial charge in [0.05, 0.1) is 5.38 Å². The van der Waals surface area contributed by atoms with Gasteiger partial charge >= 0.3 is 5.97 Å². The van der Waals surface area contributed by atoms with Crippen LogP contribution in [0.3, 0.4) is 0 Å². The largest absolute Gasteiger partial charge is 0.481 e. The molecule has 1 aromatic rings. The van der Waals surface area contributed by atoms with Gasteiger partial charge in [-0.05, 0) is 24.1 Å². The first kappa shape index (κ1) is 11.0. The first-order valence-electron chi connectivity index (χ1n) is 4.21. The Balaban J connectivity index is 2.56. The summed E-state index contributed by atoms with van der Waals surface area (Å²) in [4.78, 5) is 10.3. The van der Waals surface area contributed by atoms with Gasteiger partial charge in [-0.15, -0.1) is 11.6 Å². The first-order valence-corrected chi connectivity index (χ1v) is 4.64. The Hall–Kier alpha value is -1.09. The van der Waals surface area contributed by atoms with Crippen molar-refractivity contribution in [3.8, 4) is 0 Å². The monoisotopic (exact) mass is 216 g/mol. The lowest BCUT2D eigenvalue weighted by molar-refractivity contribution is -0.137. The minimum atomic E-state index is -0.877. The Labute approximate surface area is 86.3 Å². The standard InChI is InChI=1S/C10H10ClFO2/c11-9(5-6-10(13)14)7-1-3-8(12)4-2-7/h1-4,9H,5-6H2,(H,13,14). The number of halogens is 2. The van der Waals surface area contributed by atoms with Gasteiger partial charge in [0.15, 0.2) is 0 Å². The summed E-state index contributed by atoms with van der Waals surface area (Å²) in [6.07, 6.45) is 0.369. The minimum absolute atomic E-state index is 0.0194. The van der Waals surface area contributed by atoms with Crippen molar-refractivity contribution in [3.63, 3.8) is 0 Å². The van der Waals surface area contributed by atoms with E-state index in [-0.39, 0.29) is 17.6 Å². The van der Waals surface area contributed by atoms with Crippen molar-refractivity contribution in [2.45, 2.75) is 18.2 Å². The van der Waals surface area contributed by atoms with Crippen LogP contribution in [-0.4, -0.2) is 11.1 Å². The lowest BCUT2D eigenvalue weighted by Crippen LogP contribution is -1.98. The van der Waals surface area contributed by atoms with Crippen LogP contribution in [0.5, 0.6) is 0 Å². The number of carboxylic acids is 1. The maximum absolute atomic E-state index is 12.5. The third-order valence-corrected chi connectivity index (χ3v) is 2.31. The molecule has 1 unspecified atom stereocenters.